The third-order valence-corrected chi connectivity index (χ3v) is 4.46. The van der Waals surface area contributed by atoms with Gasteiger partial charge in [-0.25, -0.2) is 4.39 Å². The van der Waals surface area contributed by atoms with E-state index in [1.54, 1.807) is 24.3 Å². The molecule has 5 nitrogen and oxygen atoms in total. The third-order valence-electron chi connectivity index (χ3n) is 3.85. The molecule has 8 heteroatoms. The fourth-order valence-electron chi connectivity index (χ4n) is 2.59. The summed E-state index contributed by atoms with van der Waals surface area (Å²) in [5.41, 5.74) is 2.33. The maximum Gasteiger partial charge on any atom is 0.217 e. The van der Waals surface area contributed by atoms with Crippen LogP contribution in [0, 0.1) is 5.82 Å². The van der Waals surface area contributed by atoms with Crippen LogP contribution in [0.5, 0.6) is 5.75 Å². The average Bonchev–Trinajstić information content (AvgIpc) is 2.62. The molecule has 0 spiro atoms. The summed E-state index contributed by atoms with van der Waals surface area (Å²) >= 11 is 12.4. The number of hydrogen-bond acceptors (Lipinski definition) is 4. The van der Waals surface area contributed by atoms with Crippen LogP contribution in [0.15, 0.2) is 36.4 Å². The van der Waals surface area contributed by atoms with Crippen molar-refractivity contribution in [2.75, 3.05) is 12.4 Å². The molecule has 3 rings (SSSR count). The van der Waals surface area contributed by atoms with Crippen LogP contribution in [0.1, 0.15) is 12.6 Å². The second-order valence-electron chi connectivity index (χ2n) is 5.82. The molecule has 0 saturated heterocycles. The molecule has 0 saturated carbocycles. The number of nitrogens with zero attached hydrogens (tertiary/aromatic N) is 1. The second-order valence-corrected chi connectivity index (χ2v) is 6.64. The van der Waals surface area contributed by atoms with Crippen LogP contribution in [0.3, 0.4) is 0 Å². The zero-order valence-electron chi connectivity index (χ0n) is 14.6. The van der Waals surface area contributed by atoms with Gasteiger partial charge >= 0.3 is 0 Å². The summed E-state index contributed by atoms with van der Waals surface area (Å²) in [6.45, 7) is 1.67. The largest absolute Gasteiger partial charge is 0.495 e. The van der Waals surface area contributed by atoms with Crippen molar-refractivity contribution in [2.45, 2.75) is 13.5 Å². The molecule has 0 aliphatic carbocycles. The molecular weight excluding hydrogens is 392 g/mol. The number of pyridine rings is 1. The first-order chi connectivity index (χ1) is 12.9. The molecule has 0 atom stereocenters. The molecule has 2 aromatic carbocycles. The Morgan fingerprint density at radius 2 is 1.93 bits per heavy atom. The smallest absolute Gasteiger partial charge is 0.217 e. The lowest BCUT2D eigenvalue weighted by atomic mass is 10.1. The van der Waals surface area contributed by atoms with Crippen LogP contribution >= 0.6 is 23.2 Å². The molecule has 0 radical (unpaired) electrons. The van der Waals surface area contributed by atoms with E-state index in [9.17, 15) is 9.18 Å². The summed E-state index contributed by atoms with van der Waals surface area (Å²) in [6, 6.07) is 9.25. The van der Waals surface area contributed by atoms with Crippen LogP contribution in [0.4, 0.5) is 15.8 Å². The van der Waals surface area contributed by atoms with Gasteiger partial charge in [-0.3, -0.25) is 9.78 Å². The molecule has 1 amide bonds. The van der Waals surface area contributed by atoms with Crippen molar-refractivity contribution < 1.29 is 13.9 Å². The van der Waals surface area contributed by atoms with Crippen molar-refractivity contribution in [3.63, 3.8) is 0 Å². The van der Waals surface area contributed by atoms with Crippen molar-refractivity contribution in [1.82, 2.24) is 10.3 Å². The lowest BCUT2D eigenvalue weighted by Crippen LogP contribution is -2.19. The number of carbonyl (C=O) groups is 1. The first-order valence-corrected chi connectivity index (χ1v) is 8.76. The number of amides is 1. The number of rotatable bonds is 5. The van der Waals surface area contributed by atoms with Crippen molar-refractivity contribution in [3.8, 4) is 5.75 Å². The van der Waals surface area contributed by atoms with E-state index >= 15 is 0 Å². The van der Waals surface area contributed by atoms with Gasteiger partial charge in [0.05, 0.1) is 40.6 Å². The van der Waals surface area contributed by atoms with E-state index in [-0.39, 0.29) is 18.3 Å². The van der Waals surface area contributed by atoms with Crippen LogP contribution in [0.25, 0.3) is 10.9 Å². The fraction of sp³-hybridized carbons (Fsp3) is 0.158. The minimum Gasteiger partial charge on any atom is -0.495 e. The van der Waals surface area contributed by atoms with Gasteiger partial charge in [0, 0.05) is 24.1 Å². The molecule has 0 bridgehead atoms. The Balaban J connectivity index is 2.08. The molecule has 3 aromatic rings. The SMILES string of the molecule is COc1cc(Nc2cc(CNC(C)=O)nc3ccc(F)cc23)c(Cl)cc1Cl. The first kappa shape index (κ1) is 19.2. The number of ether oxygens (including phenoxy) is 1. The number of benzene rings is 2. The highest BCUT2D eigenvalue weighted by Crippen LogP contribution is 2.37. The summed E-state index contributed by atoms with van der Waals surface area (Å²) in [7, 11) is 1.50. The van der Waals surface area contributed by atoms with Gasteiger partial charge in [0.1, 0.15) is 11.6 Å². The van der Waals surface area contributed by atoms with Gasteiger partial charge < -0.3 is 15.4 Å². The maximum atomic E-state index is 13.8. The van der Waals surface area contributed by atoms with E-state index in [1.165, 1.54) is 26.2 Å². The van der Waals surface area contributed by atoms with Crippen molar-refractivity contribution in [3.05, 3.63) is 58.0 Å². The molecule has 1 aromatic heterocycles. The molecule has 1 heterocycles. The predicted octanol–water partition coefficient (Wildman–Crippen LogP) is 5.07. The van der Waals surface area contributed by atoms with Gasteiger partial charge in [-0.15, -0.1) is 0 Å². The Morgan fingerprint density at radius 1 is 1.15 bits per heavy atom. The van der Waals surface area contributed by atoms with Crippen molar-refractivity contribution >= 4 is 51.4 Å². The number of fused-ring (bicyclic) bond motifs is 1. The topological polar surface area (TPSA) is 63.2 Å². The third kappa shape index (κ3) is 4.40. The number of methoxy groups -OCH3 is 1. The highest BCUT2D eigenvalue weighted by atomic mass is 35.5. The number of anilines is 2. The first-order valence-electron chi connectivity index (χ1n) is 8.01. The van der Waals surface area contributed by atoms with Gasteiger partial charge in [0.15, 0.2) is 0 Å². The van der Waals surface area contributed by atoms with E-state index in [1.807, 2.05) is 0 Å². The molecule has 0 unspecified atom stereocenters. The second kappa shape index (κ2) is 7.98. The van der Waals surface area contributed by atoms with E-state index in [0.717, 1.165) is 0 Å². The van der Waals surface area contributed by atoms with E-state index in [4.69, 9.17) is 27.9 Å². The summed E-state index contributed by atoms with van der Waals surface area (Å²) in [5.74, 6) is -0.107. The van der Waals surface area contributed by atoms with Crippen LogP contribution < -0.4 is 15.4 Å². The number of carbonyl (C=O) groups excluding carboxylic acids is 1. The molecule has 0 aliphatic heterocycles. The van der Waals surface area contributed by atoms with Crippen LogP contribution in [-0.4, -0.2) is 18.0 Å². The Morgan fingerprint density at radius 3 is 2.63 bits per heavy atom. The monoisotopic (exact) mass is 407 g/mol. The normalized spacial score (nSPS) is 10.7. The van der Waals surface area contributed by atoms with Crippen LogP contribution in [-0.2, 0) is 11.3 Å². The van der Waals surface area contributed by atoms with E-state index in [0.29, 0.717) is 43.8 Å². The number of nitrogens with one attached hydrogen (secondary N) is 2. The Hall–Kier alpha value is -2.57. The fourth-order valence-corrected chi connectivity index (χ4v) is 3.10. The maximum absolute atomic E-state index is 13.8. The van der Waals surface area contributed by atoms with E-state index < -0.39 is 0 Å². The van der Waals surface area contributed by atoms with Gasteiger partial charge in [0.25, 0.3) is 0 Å². The summed E-state index contributed by atoms with van der Waals surface area (Å²) in [5, 5.41) is 7.22. The zero-order chi connectivity index (χ0) is 19.6. The van der Waals surface area contributed by atoms with Crippen LogP contribution in [0.2, 0.25) is 10.0 Å². The van der Waals surface area contributed by atoms with Gasteiger partial charge in [0.2, 0.25) is 5.91 Å². The molecule has 2 N–H and O–H groups in total. The number of halogens is 3. The molecule has 0 fully saturated rings. The predicted molar refractivity (Wildman–Crippen MR) is 106 cm³/mol. The summed E-state index contributed by atoms with van der Waals surface area (Å²) < 4.78 is 19.0. The zero-order valence-corrected chi connectivity index (χ0v) is 16.1. The molecular formula is C19H16Cl2FN3O2. The standard InChI is InChI=1S/C19H16Cl2FN3O2/c1-10(26)23-9-12-6-17(13-5-11(22)3-4-16(13)24-12)25-18-8-19(27-2)15(21)7-14(18)20/h3-8H,9H2,1-2H3,(H,23,26)(H,24,25). The minimum atomic E-state index is -0.387. The Bertz CT molecular complexity index is 1030. The molecule has 140 valence electrons. The Kier molecular flexibility index (Phi) is 5.68. The highest BCUT2D eigenvalue weighted by molar-refractivity contribution is 6.37. The van der Waals surface area contributed by atoms with Crippen molar-refractivity contribution in [2.24, 2.45) is 0 Å². The van der Waals surface area contributed by atoms with Crippen molar-refractivity contribution in [1.29, 1.82) is 0 Å². The average molecular weight is 408 g/mol. The minimum absolute atomic E-state index is 0.170. The van der Waals surface area contributed by atoms with Gasteiger partial charge in [-0.05, 0) is 30.3 Å². The number of aromatic nitrogens is 1. The van der Waals surface area contributed by atoms with Gasteiger partial charge in [-0.2, -0.15) is 0 Å². The van der Waals surface area contributed by atoms with Gasteiger partial charge in [-0.1, -0.05) is 23.2 Å². The summed E-state index contributed by atoms with van der Waals surface area (Å²) in [6.07, 6.45) is 0. The Labute approximate surface area is 165 Å². The molecule has 0 aliphatic rings. The highest BCUT2D eigenvalue weighted by Gasteiger charge is 2.12. The molecule has 27 heavy (non-hydrogen) atoms. The lowest BCUT2D eigenvalue weighted by molar-refractivity contribution is -0.119. The quantitative estimate of drug-likeness (QED) is 0.619. The van der Waals surface area contributed by atoms with E-state index in [2.05, 4.69) is 15.6 Å². The lowest BCUT2D eigenvalue weighted by Gasteiger charge is -2.15. The number of hydrogen-bond donors (Lipinski definition) is 2. The summed E-state index contributed by atoms with van der Waals surface area (Å²) in [4.78, 5) is 15.7.